The Morgan fingerprint density at radius 3 is 2.46 bits per heavy atom. The smallest absolute Gasteiger partial charge is 0.289 e. The van der Waals surface area contributed by atoms with Crippen LogP contribution in [0, 0.1) is 0 Å². The van der Waals surface area contributed by atoms with Crippen molar-refractivity contribution in [2.45, 2.75) is 19.4 Å². The second kappa shape index (κ2) is 9.41. The minimum atomic E-state index is -0.225. The van der Waals surface area contributed by atoms with Crippen LogP contribution in [0.25, 0.3) is 0 Å². The summed E-state index contributed by atoms with van der Waals surface area (Å²) in [5.41, 5.74) is 1.15. The molecule has 1 aliphatic heterocycles. The summed E-state index contributed by atoms with van der Waals surface area (Å²) in [6.45, 7) is 5.00. The number of methoxy groups -OCH3 is 1. The van der Waals surface area contributed by atoms with E-state index < -0.39 is 0 Å². The first-order chi connectivity index (χ1) is 13.6. The quantitative estimate of drug-likeness (QED) is 0.787. The Bertz CT molecular complexity index is 765. The van der Waals surface area contributed by atoms with Crippen molar-refractivity contribution in [2.24, 2.45) is 0 Å². The number of hydrogen-bond acceptors (Lipinski definition) is 5. The summed E-state index contributed by atoms with van der Waals surface area (Å²) in [4.78, 5) is 28.7. The van der Waals surface area contributed by atoms with Gasteiger partial charge in [-0.25, -0.2) is 0 Å². The minimum absolute atomic E-state index is 0.0133. The van der Waals surface area contributed by atoms with Gasteiger partial charge in [-0.05, 0) is 43.2 Å². The normalized spacial score (nSPS) is 15.9. The summed E-state index contributed by atoms with van der Waals surface area (Å²) in [5.74, 6) is 1.10. The average molecular weight is 385 g/mol. The van der Waals surface area contributed by atoms with Gasteiger partial charge in [0.25, 0.3) is 5.91 Å². The lowest BCUT2D eigenvalue weighted by molar-refractivity contribution is -0.126. The van der Waals surface area contributed by atoms with Crippen molar-refractivity contribution in [3.8, 4) is 5.75 Å². The number of carbonyl (C=O) groups is 2. The molecule has 2 amide bonds. The number of amides is 2. The van der Waals surface area contributed by atoms with E-state index in [1.807, 2.05) is 31.2 Å². The highest BCUT2D eigenvalue weighted by Crippen LogP contribution is 2.13. The van der Waals surface area contributed by atoms with Crippen molar-refractivity contribution in [3.63, 3.8) is 0 Å². The predicted molar refractivity (Wildman–Crippen MR) is 105 cm³/mol. The maximum absolute atomic E-state index is 12.5. The van der Waals surface area contributed by atoms with Gasteiger partial charge in [-0.3, -0.25) is 14.5 Å². The molecule has 7 nitrogen and oxygen atoms in total. The van der Waals surface area contributed by atoms with Crippen LogP contribution in [0.2, 0.25) is 0 Å². The molecule has 1 aromatic carbocycles. The fraction of sp³-hybridized carbons (Fsp3) is 0.429. The Balaban J connectivity index is 1.40. The molecule has 7 heteroatoms. The summed E-state index contributed by atoms with van der Waals surface area (Å²) in [6.07, 6.45) is 2.27. The van der Waals surface area contributed by atoms with Crippen molar-refractivity contribution in [3.05, 3.63) is 54.0 Å². The predicted octanol–water partition coefficient (Wildman–Crippen LogP) is 1.79. The van der Waals surface area contributed by atoms with Crippen LogP contribution >= 0.6 is 0 Å². The molecule has 0 spiro atoms. The molecular formula is C21H27N3O4. The number of piperazine rings is 1. The molecule has 2 heterocycles. The van der Waals surface area contributed by atoms with Gasteiger partial charge in [0.1, 0.15) is 5.75 Å². The van der Waals surface area contributed by atoms with Crippen LogP contribution < -0.4 is 10.1 Å². The van der Waals surface area contributed by atoms with Gasteiger partial charge in [0, 0.05) is 32.7 Å². The Labute approximate surface area is 165 Å². The fourth-order valence-electron chi connectivity index (χ4n) is 3.30. The molecule has 1 saturated heterocycles. The van der Waals surface area contributed by atoms with Gasteiger partial charge in [-0.15, -0.1) is 0 Å². The van der Waals surface area contributed by atoms with E-state index in [-0.39, 0.29) is 17.9 Å². The molecule has 1 unspecified atom stereocenters. The lowest BCUT2D eigenvalue weighted by Crippen LogP contribution is -2.55. The number of carbonyl (C=O) groups excluding carboxylic acids is 2. The monoisotopic (exact) mass is 385 g/mol. The number of rotatable bonds is 7. The van der Waals surface area contributed by atoms with Crippen molar-refractivity contribution in [1.82, 2.24) is 15.1 Å². The van der Waals surface area contributed by atoms with Crippen molar-refractivity contribution in [2.75, 3.05) is 39.8 Å². The van der Waals surface area contributed by atoms with Gasteiger partial charge in [0.15, 0.2) is 5.76 Å². The van der Waals surface area contributed by atoms with E-state index in [0.717, 1.165) is 17.7 Å². The Kier molecular flexibility index (Phi) is 6.71. The molecule has 0 radical (unpaired) electrons. The second-order valence-electron chi connectivity index (χ2n) is 6.87. The van der Waals surface area contributed by atoms with Gasteiger partial charge < -0.3 is 19.4 Å². The fourth-order valence-corrected chi connectivity index (χ4v) is 3.30. The highest BCUT2D eigenvalue weighted by Gasteiger charge is 2.28. The largest absolute Gasteiger partial charge is 0.497 e. The van der Waals surface area contributed by atoms with Crippen LogP contribution in [0.1, 0.15) is 23.0 Å². The van der Waals surface area contributed by atoms with Crippen LogP contribution in [0.5, 0.6) is 5.75 Å². The van der Waals surface area contributed by atoms with E-state index in [0.29, 0.717) is 38.5 Å². The molecule has 0 aliphatic carbocycles. The summed E-state index contributed by atoms with van der Waals surface area (Å²) in [5, 5.41) is 3.01. The number of furan rings is 1. The Morgan fingerprint density at radius 1 is 1.14 bits per heavy atom. The summed E-state index contributed by atoms with van der Waals surface area (Å²) in [6, 6.07) is 11.0. The second-order valence-corrected chi connectivity index (χ2v) is 6.87. The number of hydrogen-bond donors (Lipinski definition) is 1. The van der Waals surface area contributed by atoms with Crippen LogP contribution in [0.4, 0.5) is 0 Å². The zero-order valence-corrected chi connectivity index (χ0v) is 16.4. The van der Waals surface area contributed by atoms with Gasteiger partial charge in [-0.2, -0.15) is 0 Å². The molecule has 1 fully saturated rings. The van der Waals surface area contributed by atoms with Crippen LogP contribution in [-0.2, 0) is 11.2 Å². The van der Waals surface area contributed by atoms with Gasteiger partial charge in [0.05, 0.1) is 19.4 Å². The maximum atomic E-state index is 12.5. The number of ether oxygens (including phenoxy) is 1. The molecule has 1 atom stereocenters. The number of nitrogens with one attached hydrogen (secondary N) is 1. The highest BCUT2D eigenvalue weighted by atomic mass is 16.5. The summed E-state index contributed by atoms with van der Waals surface area (Å²) in [7, 11) is 1.64. The minimum Gasteiger partial charge on any atom is -0.497 e. The van der Waals surface area contributed by atoms with Crippen molar-refractivity contribution in [1.29, 1.82) is 0 Å². The standard InChI is InChI=1S/C21H27N3O4/c1-16(20(25)22-10-9-17-5-7-18(27-2)8-6-17)23-11-13-24(14-12-23)21(26)19-4-3-15-28-19/h3-8,15-16H,9-14H2,1-2H3,(H,22,25). The highest BCUT2D eigenvalue weighted by molar-refractivity contribution is 5.91. The van der Waals surface area contributed by atoms with Crippen LogP contribution in [-0.4, -0.2) is 67.5 Å². The zero-order valence-electron chi connectivity index (χ0n) is 16.4. The van der Waals surface area contributed by atoms with E-state index in [4.69, 9.17) is 9.15 Å². The van der Waals surface area contributed by atoms with Crippen molar-refractivity contribution >= 4 is 11.8 Å². The van der Waals surface area contributed by atoms with E-state index in [2.05, 4.69) is 10.2 Å². The van der Waals surface area contributed by atoms with Crippen LogP contribution in [0.3, 0.4) is 0 Å². The molecule has 1 aliphatic rings. The van der Waals surface area contributed by atoms with Crippen LogP contribution in [0.15, 0.2) is 47.1 Å². The van der Waals surface area contributed by atoms with E-state index >= 15 is 0 Å². The molecule has 3 rings (SSSR count). The third-order valence-electron chi connectivity index (χ3n) is 5.13. The first-order valence-electron chi connectivity index (χ1n) is 9.56. The molecule has 1 N–H and O–H groups in total. The van der Waals surface area contributed by atoms with Gasteiger partial charge >= 0.3 is 0 Å². The maximum Gasteiger partial charge on any atom is 0.289 e. The van der Waals surface area contributed by atoms with Crippen molar-refractivity contribution < 1.29 is 18.7 Å². The van der Waals surface area contributed by atoms with E-state index in [1.54, 1.807) is 24.1 Å². The molecule has 0 saturated carbocycles. The van der Waals surface area contributed by atoms with E-state index in [9.17, 15) is 9.59 Å². The Hall–Kier alpha value is -2.80. The zero-order chi connectivity index (χ0) is 19.9. The third kappa shape index (κ3) is 4.92. The SMILES string of the molecule is COc1ccc(CCNC(=O)C(C)N2CCN(C(=O)c3ccco3)CC2)cc1. The lowest BCUT2D eigenvalue weighted by Gasteiger charge is -2.37. The molecule has 0 bridgehead atoms. The van der Waals surface area contributed by atoms with E-state index in [1.165, 1.54) is 6.26 Å². The molecular weight excluding hydrogens is 358 g/mol. The molecule has 1 aromatic heterocycles. The molecule has 150 valence electrons. The summed E-state index contributed by atoms with van der Waals surface area (Å²) >= 11 is 0. The lowest BCUT2D eigenvalue weighted by atomic mass is 10.1. The first kappa shape index (κ1) is 19.9. The number of benzene rings is 1. The van der Waals surface area contributed by atoms with Gasteiger partial charge in [-0.1, -0.05) is 12.1 Å². The third-order valence-corrected chi connectivity index (χ3v) is 5.13. The molecule has 28 heavy (non-hydrogen) atoms. The number of nitrogens with zero attached hydrogens (tertiary/aromatic N) is 2. The first-order valence-corrected chi connectivity index (χ1v) is 9.56. The molecule has 2 aromatic rings. The Morgan fingerprint density at radius 2 is 1.86 bits per heavy atom. The average Bonchev–Trinajstić information content (AvgIpc) is 3.28. The van der Waals surface area contributed by atoms with Gasteiger partial charge in [0.2, 0.25) is 5.91 Å². The topological polar surface area (TPSA) is 75.0 Å². The summed E-state index contributed by atoms with van der Waals surface area (Å²) < 4.78 is 10.3.